The van der Waals surface area contributed by atoms with Crippen molar-refractivity contribution >= 4 is 17.5 Å². The normalized spacial score (nSPS) is 20.5. The third kappa shape index (κ3) is 4.71. The van der Waals surface area contributed by atoms with Crippen molar-refractivity contribution in [2.24, 2.45) is 0 Å². The molecule has 7 heteroatoms. The van der Waals surface area contributed by atoms with Gasteiger partial charge in [-0.1, -0.05) is 0 Å². The Balaban J connectivity index is 1.74. The van der Waals surface area contributed by atoms with Crippen LogP contribution >= 0.6 is 0 Å². The maximum absolute atomic E-state index is 11.8. The molecule has 0 radical (unpaired) electrons. The van der Waals surface area contributed by atoms with Gasteiger partial charge in [-0.2, -0.15) is 0 Å². The molecule has 1 aliphatic rings. The van der Waals surface area contributed by atoms with E-state index < -0.39 is 12.1 Å². The number of hydrogen-bond donors (Lipinski definition) is 4. The van der Waals surface area contributed by atoms with Crippen LogP contribution in [-0.2, 0) is 9.59 Å². The van der Waals surface area contributed by atoms with Crippen LogP contribution in [0.5, 0.6) is 5.75 Å². The van der Waals surface area contributed by atoms with Gasteiger partial charge in [-0.15, -0.1) is 0 Å². The molecule has 1 aromatic rings. The molecule has 2 amide bonds. The number of aliphatic hydroxyl groups excluding tert-OH is 1. The van der Waals surface area contributed by atoms with Gasteiger partial charge in [-0.3, -0.25) is 9.59 Å². The summed E-state index contributed by atoms with van der Waals surface area (Å²) in [5.41, 5.74) is 0.636. The molecule has 22 heavy (non-hydrogen) atoms. The number of nitrogens with one attached hydrogen (secondary N) is 3. The lowest BCUT2D eigenvalue weighted by molar-refractivity contribution is -0.125. The first-order valence-electron chi connectivity index (χ1n) is 7.30. The number of β-amino-alcohol motifs (C(OH)–C–C–N with tert-alkyl or cyclic N) is 1. The molecular formula is C15H21N3O4. The summed E-state index contributed by atoms with van der Waals surface area (Å²) >= 11 is 0. The summed E-state index contributed by atoms with van der Waals surface area (Å²) in [6, 6.07) is 6.57. The number of benzene rings is 1. The number of anilines is 1. The Morgan fingerprint density at radius 1 is 1.36 bits per heavy atom. The van der Waals surface area contributed by atoms with Gasteiger partial charge in [-0.05, 0) is 37.6 Å². The van der Waals surface area contributed by atoms with Gasteiger partial charge >= 0.3 is 0 Å². The standard InChI is InChI=1S/C15H21N3O4/c1-2-22-12-5-3-10(4-6-12)18-14(20)9-17-15(21)13-7-11(19)8-16-13/h3-6,11,13,16,19H,2,7-9H2,1H3,(H,17,21)(H,18,20). The molecule has 0 bridgehead atoms. The van der Waals surface area contributed by atoms with Gasteiger partial charge < -0.3 is 25.8 Å². The Bertz CT molecular complexity index is 518. The zero-order valence-electron chi connectivity index (χ0n) is 12.5. The van der Waals surface area contributed by atoms with Crippen LogP contribution in [0.15, 0.2) is 24.3 Å². The SMILES string of the molecule is CCOc1ccc(NC(=O)CNC(=O)C2CC(O)CN2)cc1. The predicted octanol–water partition coefficient (Wildman–Crippen LogP) is -0.137. The number of ether oxygens (including phenoxy) is 1. The Morgan fingerprint density at radius 3 is 2.68 bits per heavy atom. The number of carbonyl (C=O) groups excluding carboxylic acids is 2. The fraction of sp³-hybridized carbons (Fsp3) is 0.467. The molecule has 0 aromatic heterocycles. The summed E-state index contributed by atoms with van der Waals surface area (Å²) in [7, 11) is 0. The van der Waals surface area contributed by atoms with Gasteiger partial charge in [0.1, 0.15) is 5.75 Å². The van der Waals surface area contributed by atoms with Gasteiger partial charge in [-0.25, -0.2) is 0 Å². The van der Waals surface area contributed by atoms with E-state index in [2.05, 4.69) is 16.0 Å². The van der Waals surface area contributed by atoms with Gasteiger partial charge in [0.25, 0.3) is 0 Å². The highest BCUT2D eigenvalue weighted by Crippen LogP contribution is 2.15. The summed E-state index contributed by atoms with van der Waals surface area (Å²) in [6.45, 7) is 2.77. The average molecular weight is 307 g/mol. The van der Waals surface area contributed by atoms with Crippen LogP contribution in [0.3, 0.4) is 0 Å². The van der Waals surface area contributed by atoms with E-state index in [-0.39, 0.29) is 18.4 Å². The van der Waals surface area contributed by atoms with Crippen molar-refractivity contribution in [3.8, 4) is 5.75 Å². The molecule has 0 spiro atoms. The van der Waals surface area contributed by atoms with Crippen LogP contribution in [-0.4, -0.2) is 48.8 Å². The summed E-state index contributed by atoms with van der Waals surface area (Å²) in [5, 5.41) is 17.5. The van der Waals surface area contributed by atoms with Gasteiger partial charge in [0.05, 0.1) is 25.3 Å². The Labute approximate surface area is 129 Å². The van der Waals surface area contributed by atoms with Gasteiger partial charge in [0, 0.05) is 12.2 Å². The quantitative estimate of drug-likeness (QED) is 0.586. The number of aliphatic hydroxyl groups is 1. The highest BCUT2D eigenvalue weighted by molar-refractivity contribution is 5.95. The lowest BCUT2D eigenvalue weighted by atomic mass is 10.2. The van der Waals surface area contributed by atoms with Crippen LogP contribution in [0.25, 0.3) is 0 Å². The molecule has 1 saturated heterocycles. The Hall–Kier alpha value is -2.12. The molecular weight excluding hydrogens is 286 g/mol. The first-order valence-corrected chi connectivity index (χ1v) is 7.30. The predicted molar refractivity (Wildman–Crippen MR) is 81.7 cm³/mol. The van der Waals surface area contributed by atoms with Crippen molar-refractivity contribution < 1.29 is 19.4 Å². The molecule has 1 fully saturated rings. The highest BCUT2D eigenvalue weighted by atomic mass is 16.5. The van der Waals surface area contributed by atoms with Crippen molar-refractivity contribution in [3.05, 3.63) is 24.3 Å². The molecule has 1 aromatic carbocycles. The van der Waals surface area contributed by atoms with E-state index in [1.54, 1.807) is 24.3 Å². The molecule has 1 aliphatic heterocycles. The number of rotatable bonds is 6. The molecule has 0 aliphatic carbocycles. The van der Waals surface area contributed by atoms with Crippen molar-refractivity contribution in [2.45, 2.75) is 25.5 Å². The van der Waals surface area contributed by atoms with Crippen molar-refractivity contribution in [2.75, 3.05) is 25.0 Å². The maximum atomic E-state index is 11.8. The maximum Gasteiger partial charge on any atom is 0.243 e. The van der Waals surface area contributed by atoms with Gasteiger partial charge in [0.15, 0.2) is 0 Å². The van der Waals surface area contributed by atoms with Crippen LogP contribution in [0.4, 0.5) is 5.69 Å². The minimum Gasteiger partial charge on any atom is -0.494 e. The largest absolute Gasteiger partial charge is 0.494 e. The molecule has 120 valence electrons. The van der Waals surface area contributed by atoms with Crippen LogP contribution in [0.1, 0.15) is 13.3 Å². The van der Waals surface area contributed by atoms with Crippen LogP contribution in [0.2, 0.25) is 0 Å². The van der Waals surface area contributed by atoms with Crippen molar-refractivity contribution in [1.82, 2.24) is 10.6 Å². The number of amides is 2. The van der Waals surface area contributed by atoms with E-state index in [4.69, 9.17) is 4.74 Å². The molecule has 4 N–H and O–H groups in total. The zero-order valence-corrected chi connectivity index (χ0v) is 12.5. The second kappa shape index (κ2) is 7.77. The molecule has 2 atom stereocenters. The topological polar surface area (TPSA) is 99.7 Å². The third-order valence-electron chi connectivity index (χ3n) is 3.30. The highest BCUT2D eigenvalue weighted by Gasteiger charge is 2.27. The molecule has 0 saturated carbocycles. The van der Waals surface area contributed by atoms with Crippen LogP contribution < -0.4 is 20.7 Å². The number of carbonyl (C=O) groups is 2. The minimum absolute atomic E-state index is 0.111. The molecule has 2 unspecified atom stereocenters. The van der Waals surface area contributed by atoms with Gasteiger partial charge in [0.2, 0.25) is 11.8 Å². The number of hydrogen-bond acceptors (Lipinski definition) is 5. The van der Waals surface area contributed by atoms with E-state index in [9.17, 15) is 14.7 Å². The summed E-state index contributed by atoms with van der Waals surface area (Å²) in [5.74, 6) is 0.147. The van der Waals surface area contributed by atoms with E-state index in [0.29, 0.717) is 25.3 Å². The summed E-state index contributed by atoms with van der Waals surface area (Å²) in [4.78, 5) is 23.6. The lowest BCUT2D eigenvalue weighted by Crippen LogP contribution is -2.43. The summed E-state index contributed by atoms with van der Waals surface area (Å²) < 4.78 is 5.31. The Morgan fingerprint density at radius 2 is 2.09 bits per heavy atom. The fourth-order valence-electron chi connectivity index (χ4n) is 2.21. The molecule has 7 nitrogen and oxygen atoms in total. The Kier molecular flexibility index (Phi) is 5.74. The molecule has 1 heterocycles. The van der Waals surface area contributed by atoms with Crippen LogP contribution in [0, 0.1) is 0 Å². The van der Waals surface area contributed by atoms with Crippen molar-refractivity contribution in [3.63, 3.8) is 0 Å². The second-order valence-corrected chi connectivity index (χ2v) is 5.07. The van der Waals surface area contributed by atoms with E-state index in [1.165, 1.54) is 0 Å². The minimum atomic E-state index is -0.506. The smallest absolute Gasteiger partial charge is 0.243 e. The average Bonchev–Trinajstić information content (AvgIpc) is 2.94. The fourth-order valence-corrected chi connectivity index (χ4v) is 2.21. The van der Waals surface area contributed by atoms with E-state index in [1.807, 2.05) is 6.92 Å². The lowest BCUT2D eigenvalue weighted by Gasteiger charge is -2.11. The monoisotopic (exact) mass is 307 g/mol. The van der Waals surface area contributed by atoms with E-state index in [0.717, 1.165) is 5.75 Å². The zero-order chi connectivity index (χ0) is 15.9. The van der Waals surface area contributed by atoms with E-state index >= 15 is 0 Å². The molecule has 2 rings (SSSR count). The first-order chi connectivity index (χ1) is 10.6. The third-order valence-corrected chi connectivity index (χ3v) is 3.30. The first kappa shape index (κ1) is 16.3. The summed E-state index contributed by atoms with van der Waals surface area (Å²) in [6.07, 6.45) is -0.139. The van der Waals surface area contributed by atoms with Crippen molar-refractivity contribution in [1.29, 1.82) is 0 Å². The second-order valence-electron chi connectivity index (χ2n) is 5.07.